The number of nitrogens with one attached hydrogen (secondary N) is 1. The molecule has 2 rings (SSSR count). The topological polar surface area (TPSA) is 62.1 Å². The van der Waals surface area contributed by atoms with Gasteiger partial charge < -0.3 is 10.1 Å². The zero-order valence-corrected chi connectivity index (χ0v) is 12.2. The molecule has 0 spiro atoms. The fourth-order valence-corrected chi connectivity index (χ4v) is 2.55. The van der Waals surface area contributed by atoms with Crippen molar-refractivity contribution in [1.29, 1.82) is 5.26 Å². The molecule has 2 aromatic rings. The SMILES string of the molecule is COc1ccsc1C(=O)N[C@H](C#N)c1ccc(Cl)cc1. The van der Waals surface area contributed by atoms with Crippen LogP contribution in [0.5, 0.6) is 5.75 Å². The number of rotatable bonds is 4. The maximum atomic E-state index is 12.1. The molecule has 1 aromatic carbocycles. The Balaban J connectivity index is 2.17. The number of hydrogen-bond acceptors (Lipinski definition) is 4. The minimum atomic E-state index is -0.730. The molecule has 20 heavy (non-hydrogen) atoms. The molecule has 1 atom stereocenters. The number of carbonyl (C=O) groups is 1. The van der Waals surface area contributed by atoms with E-state index in [1.165, 1.54) is 18.4 Å². The van der Waals surface area contributed by atoms with Gasteiger partial charge in [0.15, 0.2) is 0 Å². The van der Waals surface area contributed by atoms with E-state index < -0.39 is 6.04 Å². The highest BCUT2D eigenvalue weighted by Gasteiger charge is 2.19. The molecule has 0 saturated carbocycles. The van der Waals surface area contributed by atoms with E-state index in [4.69, 9.17) is 16.3 Å². The number of carbonyl (C=O) groups excluding carboxylic acids is 1. The molecule has 0 saturated heterocycles. The molecule has 4 nitrogen and oxygen atoms in total. The molecule has 0 unspecified atom stereocenters. The number of amides is 1. The molecule has 1 N–H and O–H groups in total. The predicted octanol–water partition coefficient (Wildman–Crippen LogP) is 3.40. The average Bonchev–Trinajstić information content (AvgIpc) is 2.94. The number of methoxy groups -OCH3 is 1. The summed E-state index contributed by atoms with van der Waals surface area (Å²) in [6, 6.07) is 9.82. The van der Waals surface area contributed by atoms with Gasteiger partial charge in [0.1, 0.15) is 16.7 Å². The Morgan fingerprint density at radius 1 is 1.40 bits per heavy atom. The summed E-state index contributed by atoms with van der Waals surface area (Å²) in [6.07, 6.45) is 0. The van der Waals surface area contributed by atoms with Gasteiger partial charge in [0.25, 0.3) is 5.91 Å². The van der Waals surface area contributed by atoms with Crippen LogP contribution in [0.25, 0.3) is 0 Å². The van der Waals surface area contributed by atoms with Crippen molar-refractivity contribution in [2.24, 2.45) is 0 Å². The quantitative estimate of drug-likeness (QED) is 0.941. The van der Waals surface area contributed by atoms with Crippen molar-refractivity contribution in [2.75, 3.05) is 7.11 Å². The minimum Gasteiger partial charge on any atom is -0.495 e. The molecular weight excluding hydrogens is 296 g/mol. The van der Waals surface area contributed by atoms with Crippen LogP contribution >= 0.6 is 22.9 Å². The maximum Gasteiger partial charge on any atom is 0.266 e. The van der Waals surface area contributed by atoms with E-state index in [2.05, 4.69) is 11.4 Å². The highest BCUT2D eigenvalue weighted by Crippen LogP contribution is 2.25. The molecule has 1 amide bonds. The molecule has 0 aliphatic heterocycles. The fraction of sp³-hybridized carbons (Fsp3) is 0.143. The second-order valence-electron chi connectivity index (χ2n) is 3.91. The van der Waals surface area contributed by atoms with Gasteiger partial charge in [-0.1, -0.05) is 23.7 Å². The number of halogens is 1. The Labute approximate surface area is 125 Å². The highest BCUT2D eigenvalue weighted by molar-refractivity contribution is 7.12. The normalized spacial score (nSPS) is 11.4. The van der Waals surface area contributed by atoms with Crippen LogP contribution in [0.15, 0.2) is 35.7 Å². The van der Waals surface area contributed by atoms with Gasteiger partial charge in [-0.3, -0.25) is 4.79 Å². The molecular formula is C14H11ClN2O2S. The number of nitriles is 1. The summed E-state index contributed by atoms with van der Waals surface area (Å²) in [5.41, 5.74) is 0.681. The molecule has 102 valence electrons. The Hall–Kier alpha value is -2.03. The number of nitrogens with zero attached hydrogens (tertiary/aromatic N) is 1. The smallest absolute Gasteiger partial charge is 0.266 e. The minimum absolute atomic E-state index is 0.335. The molecule has 1 aromatic heterocycles. The fourth-order valence-electron chi connectivity index (χ4n) is 1.67. The van der Waals surface area contributed by atoms with E-state index in [1.807, 2.05) is 0 Å². The number of ether oxygens (including phenoxy) is 1. The Morgan fingerprint density at radius 3 is 2.70 bits per heavy atom. The molecule has 1 heterocycles. The standard InChI is InChI=1S/C14H11ClN2O2S/c1-19-12-6-7-20-13(12)14(18)17-11(8-16)9-2-4-10(15)5-3-9/h2-7,11H,1H3,(H,17,18)/t11-/m1/s1. The third-order valence-electron chi connectivity index (χ3n) is 2.66. The van der Waals surface area contributed by atoms with E-state index in [-0.39, 0.29) is 5.91 Å². The highest BCUT2D eigenvalue weighted by atomic mass is 35.5. The Bertz CT molecular complexity index is 646. The monoisotopic (exact) mass is 306 g/mol. The lowest BCUT2D eigenvalue weighted by atomic mass is 10.1. The van der Waals surface area contributed by atoms with E-state index in [1.54, 1.807) is 35.7 Å². The lowest BCUT2D eigenvalue weighted by Gasteiger charge is -2.12. The molecule has 0 aliphatic rings. The summed E-state index contributed by atoms with van der Waals surface area (Å²) in [5.74, 6) is 0.165. The molecule has 0 aliphatic carbocycles. The van der Waals surface area contributed by atoms with Crippen molar-refractivity contribution in [1.82, 2.24) is 5.32 Å². The van der Waals surface area contributed by atoms with Gasteiger partial charge in [0.05, 0.1) is 13.2 Å². The van der Waals surface area contributed by atoms with Crippen molar-refractivity contribution in [3.8, 4) is 11.8 Å². The van der Waals surface area contributed by atoms with Crippen molar-refractivity contribution in [2.45, 2.75) is 6.04 Å². The molecule has 0 radical (unpaired) electrons. The largest absolute Gasteiger partial charge is 0.495 e. The second kappa shape index (κ2) is 6.42. The van der Waals surface area contributed by atoms with Gasteiger partial charge in [-0.25, -0.2) is 0 Å². The molecule has 0 bridgehead atoms. The number of benzene rings is 1. The lowest BCUT2D eigenvalue weighted by Crippen LogP contribution is -2.27. The first-order valence-electron chi connectivity index (χ1n) is 5.73. The van der Waals surface area contributed by atoms with Gasteiger partial charge >= 0.3 is 0 Å². The van der Waals surface area contributed by atoms with Crippen LogP contribution in [0.1, 0.15) is 21.3 Å². The van der Waals surface area contributed by atoms with Crippen LogP contribution in [-0.2, 0) is 0 Å². The first-order chi connectivity index (χ1) is 9.65. The third kappa shape index (κ3) is 3.10. The van der Waals surface area contributed by atoms with E-state index in [0.29, 0.717) is 21.2 Å². The zero-order valence-electron chi connectivity index (χ0n) is 10.6. The van der Waals surface area contributed by atoms with Gasteiger partial charge in [-0.2, -0.15) is 5.26 Å². The zero-order chi connectivity index (χ0) is 14.5. The summed E-state index contributed by atoms with van der Waals surface area (Å²) < 4.78 is 5.09. The molecule has 6 heteroatoms. The van der Waals surface area contributed by atoms with Gasteiger partial charge in [0, 0.05) is 5.02 Å². The Morgan fingerprint density at radius 2 is 2.10 bits per heavy atom. The number of thiophene rings is 1. The summed E-state index contributed by atoms with van der Waals surface area (Å²) in [6.45, 7) is 0. The Kier molecular flexibility index (Phi) is 4.61. The van der Waals surface area contributed by atoms with Crippen LogP contribution in [0, 0.1) is 11.3 Å². The summed E-state index contributed by atoms with van der Waals surface area (Å²) in [7, 11) is 1.50. The van der Waals surface area contributed by atoms with Crippen LogP contribution in [-0.4, -0.2) is 13.0 Å². The van der Waals surface area contributed by atoms with Gasteiger partial charge in [-0.05, 0) is 29.1 Å². The van der Waals surface area contributed by atoms with Gasteiger partial charge in [-0.15, -0.1) is 11.3 Å². The van der Waals surface area contributed by atoms with Crippen LogP contribution < -0.4 is 10.1 Å². The van der Waals surface area contributed by atoms with E-state index in [9.17, 15) is 10.1 Å². The van der Waals surface area contributed by atoms with Crippen molar-refractivity contribution >= 4 is 28.8 Å². The first kappa shape index (κ1) is 14.4. The molecule has 0 fully saturated rings. The van der Waals surface area contributed by atoms with Crippen molar-refractivity contribution in [3.63, 3.8) is 0 Å². The third-order valence-corrected chi connectivity index (χ3v) is 3.81. The predicted molar refractivity (Wildman–Crippen MR) is 78.1 cm³/mol. The van der Waals surface area contributed by atoms with Crippen molar-refractivity contribution < 1.29 is 9.53 Å². The summed E-state index contributed by atoms with van der Waals surface area (Å²) >= 11 is 7.07. The van der Waals surface area contributed by atoms with E-state index >= 15 is 0 Å². The second-order valence-corrected chi connectivity index (χ2v) is 5.26. The van der Waals surface area contributed by atoms with Gasteiger partial charge in [0.2, 0.25) is 0 Å². The summed E-state index contributed by atoms with van der Waals surface area (Å²) in [4.78, 5) is 12.6. The van der Waals surface area contributed by atoms with Crippen LogP contribution in [0.2, 0.25) is 5.02 Å². The van der Waals surface area contributed by atoms with Crippen molar-refractivity contribution in [3.05, 3.63) is 51.2 Å². The van der Waals surface area contributed by atoms with E-state index in [0.717, 1.165) is 0 Å². The van der Waals surface area contributed by atoms with Crippen LogP contribution in [0.3, 0.4) is 0 Å². The first-order valence-corrected chi connectivity index (χ1v) is 6.99. The number of hydrogen-bond donors (Lipinski definition) is 1. The summed E-state index contributed by atoms with van der Waals surface area (Å²) in [5, 5.41) is 14.2. The average molecular weight is 307 g/mol. The maximum absolute atomic E-state index is 12.1. The lowest BCUT2D eigenvalue weighted by molar-refractivity contribution is 0.0946. The van der Waals surface area contributed by atoms with Crippen LogP contribution in [0.4, 0.5) is 0 Å².